The van der Waals surface area contributed by atoms with Gasteiger partial charge in [0, 0.05) is 29.8 Å². The van der Waals surface area contributed by atoms with E-state index in [0.717, 1.165) is 29.9 Å². The molecule has 2 heterocycles. The van der Waals surface area contributed by atoms with E-state index in [2.05, 4.69) is 41.4 Å². The third-order valence-electron chi connectivity index (χ3n) is 4.77. The lowest BCUT2D eigenvalue weighted by atomic mass is 9.97. The highest BCUT2D eigenvalue weighted by Crippen LogP contribution is 2.32. The molecule has 0 bridgehead atoms. The van der Waals surface area contributed by atoms with Gasteiger partial charge in [-0.2, -0.15) is 5.10 Å². The maximum atomic E-state index is 12.7. The Morgan fingerprint density at radius 1 is 1.32 bits per heavy atom. The highest BCUT2D eigenvalue weighted by Gasteiger charge is 2.33. The van der Waals surface area contributed by atoms with Gasteiger partial charge in [0.1, 0.15) is 0 Å². The molecule has 0 radical (unpaired) electrons. The normalized spacial score (nSPS) is 21.3. The lowest BCUT2D eigenvalue weighted by molar-refractivity contribution is -0.131. The number of aromatic nitrogens is 2. The van der Waals surface area contributed by atoms with Crippen molar-refractivity contribution in [1.82, 2.24) is 15.1 Å². The maximum absolute atomic E-state index is 12.7. The number of rotatable bonds is 3. The number of carbonyl (C=O) groups excluding carboxylic acids is 1. The van der Waals surface area contributed by atoms with E-state index in [-0.39, 0.29) is 5.91 Å². The van der Waals surface area contributed by atoms with Crippen molar-refractivity contribution < 1.29 is 4.79 Å². The van der Waals surface area contributed by atoms with Crippen LogP contribution in [0.3, 0.4) is 0 Å². The first kappa shape index (κ1) is 14.8. The molecule has 1 aliphatic heterocycles. The molecule has 1 saturated heterocycles. The van der Waals surface area contributed by atoms with Gasteiger partial charge in [0.2, 0.25) is 5.91 Å². The lowest BCUT2D eigenvalue weighted by Gasteiger charge is -2.21. The Morgan fingerprint density at radius 2 is 2.05 bits per heavy atom. The average molecular weight is 297 g/mol. The maximum Gasteiger partial charge on any atom is 0.227 e. The van der Waals surface area contributed by atoms with Crippen molar-refractivity contribution in [1.29, 1.82) is 0 Å². The van der Waals surface area contributed by atoms with Crippen LogP contribution < -0.4 is 0 Å². The zero-order valence-electron chi connectivity index (χ0n) is 13.5. The van der Waals surface area contributed by atoms with Crippen LogP contribution in [-0.4, -0.2) is 33.6 Å². The van der Waals surface area contributed by atoms with E-state index in [0.29, 0.717) is 18.4 Å². The lowest BCUT2D eigenvalue weighted by Crippen LogP contribution is -2.35. The number of carbonyl (C=O) groups is 1. The monoisotopic (exact) mass is 297 g/mol. The first-order valence-electron chi connectivity index (χ1n) is 7.91. The number of aryl methyl sites for hydroxylation is 2. The van der Waals surface area contributed by atoms with Crippen molar-refractivity contribution in [3.8, 4) is 0 Å². The van der Waals surface area contributed by atoms with Gasteiger partial charge in [-0.15, -0.1) is 0 Å². The van der Waals surface area contributed by atoms with Gasteiger partial charge in [-0.05, 0) is 32.8 Å². The fourth-order valence-corrected chi connectivity index (χ4v) is 3.43. The van der Waals surface area contributed by atoms with E-state index >= 15 is 0 Å². The van der Waals surface area contributed by atoms with Crippen molar-refractivity contribution in [3.63, 3.8) is 0 Å². The quantitative estimate of drug-likeness (QED) is 0.947. The van der Waals surface area contributed by atoms with Gasteiger partial charge in [-0.1, -0.05) is 30.3 Å². The molecular formula is C18H23N3O. The number of aromatic amines is 1. The van der Waals surface area contributed by atoms with Crippen LogP contribution in [0.5, 0.6) is 0 Å². The van der Waals surface area contributed by atoms with E-state index in [1.165, 1.54) is 5.56 Å². The molecule has 2 unspecified atom stereocenters. The summed E-state index contributed by atoms with van der Waals surface area (Å²) in [6, 6.07) is 10.8. The topological polar surface area (TPSA) is 49.0 Å². The number of H-pyrrole nitrogens is 1. The molecule has 22 heavy (non-hydrogen) atoms. The van der Waals surface area contributed by atoms with E-state index in [1.807, 2.05) is 24.8 Å². The summed E-state index contributed by atoms with van der Waals surface area (Å²) in [4.78, 5) is 14.7. The summed E-state index contributed by atoms with van der Waals surface area (Å²) in [5, 5.41) is 7.14. The van der Waals surface area contributed by atoms with Crippen LogP contribution in [-0.2, 0) is 11.2 Å². The third-order valence-corrected chi connectivity index (χ3v) is 4.77. The molecule has 1 aromatic heterocycles. The van der Waals surface area contributed by atoms with Crippen LogP contribution >= 0.6 is 0 Å². The first-order valence-corrected chi connectivity index (χ1v) is 7.91. The number of likely N-dealkylation sites (tertiary alicyclic amines) is 1. The van der Waals surface area contributed by atoms with Crippen molar-refractivity contribution in [2.75, 3.05) is 6.54 Å². The number of benzene rings is 1. The summed E-state index contributed by atoms with van der Waals surface area (Å²) in [6.45, 7) is 6.89. The van der Waals surface area contributed by atoms with Crippen molar-refractivity contribution in [2.24, 2.45) is 0 Å². The molecule has 1 fully saturated rings. The number of nitrogens with one attached hydrogen (secondary N) is 1. The van der Waals surface area contributed by atoms with Gasteiger partial charge in [0.25, 0.3) is 0 Å². The third kappa shape index (κ3) is 2.78. The molecule has 2 atom stereocenters. The molecule has 2 aromatic rings. The Balaban J connectivity index is 1.71. The van der Waals surface area contributed by atoms with Crippen LogP contribution in [0.2, 0.25) is 0 Å². The Kier molecular flexibility index (Phi) is 4.01. The molecule has 1 N–H and O–H groups in total. The van der Waals surface area contributed by atoms with Gasteiger partial charge >= 0.3 is 0 Å². The van der Waals surface area contributed by atoms with E-state index in [9.17, 15) is 4.79 Å². The minimum atomic E-state index is 0.207. The zero-order valence-corrected chi connectivity index (χ0v) is 13.5. The van der Waals surface area contributed by atoms with Gasteiger partial charge in [0.15, 0.2) is 0 Å². The summed E-state index contributed by atoms with van der Waals surface area (Å²) in [5.74, 6) is 0.658. The minimum absolute atomic E-state index is 0.207. The molecular weight excluding hydrogens is 274 g/mol. The number of hydrogen-bond acceptors (Lipinski definition) is 2. The van der Waals surface area contributed by atoms with Crippen LogP contribution in [0.1, 0.15) is 41.8 Å². The van der Waals surface area contributed by atoms with Gasteiger partial charge in [0.05, 0.1) is 12.1 Å². The second-order valence-corrected chi connectivity index (χ2v) is 6.33. The predicted molar refractivity (Wildman–Crippen MR) is 86.7 cm³/mol. The summed E-state index contributed by atoms with van der Waals surface area (Å²) in [5.41, 5.74) is 4.30. The second kappa shape index (κ2) is 5.95. The fraction of sp³-hybridized carbons (Fsp3) is 0.444. The highest BCUT2D eigenvalue weighted by molar-refractivity contribution is 5.80. The number of hydrogen-bond donors (Lipinski definition) is 1. The second-order valence-electron chi connectivity index (χ2n) is 6.33. The Hall–Kier alpha value is -2.10. The summed E-state index contributed by atoms with van der Waals surface area (Å²) >= 11 is 0. The average Bonchev–Trinajstić information content (AvgIpc) is 3.05. The van der Waals surface area contributed by atoms with Gasteiger partial charge in [-0.3, -0.25) is 9.89 Å². The predicted octanol–water partition coefficient (Wildman–Crippen LogP) is 2.97. The summed E-state index contributed by atoms with van der Waals surface area (Å²) in [6.07, 6.45) is 1.49. The van der Waals surface area contributed by atoms with Crippen LogP contribution in [0, 0.1) is 13.8 Å². The minimum Gasteiger partial charge on any atom is -0.339 e. The highest BCUT2D eigenvalue weighted by atomic mass is 16.2. The molecule has 116 valence electrons. The largest absolute Gasteiger partial charge is 0.339 e. The SMILES string of the molecule is Cc1n[nH]c(C)c1CC(=O)N1CC(c2ccccc2)CC1C. The molecule has 4 nitrogen and oxygen atoms in total. The van der Waals surface area contributed by atoms with Crippen LogP contribution in [0.15, 0.2) is 30.3 Å². The van der Waals surface area contributed by atoms with Gasteiger partial charge < -0.3 is 4.90 Å². The Morgan fingerprint density at radius 3 is 2.68 bits per heavy atom. The summed E-state index contributed by atoms with van der Waals surface area (Å²) in [7, 11) is 0. The van der Waals surface area contributed by atoms with E-state index in [1.54, 1.807) is 0 Å². The molecule has 4 heteroatoms. The first-order chi connectivity index (χ1) is 10.6. The molecule has 0 aliphatic carbocycles. The van der Waals surface area contributed by atoms with Gasteiger partial charge in [-0.25, -0.2) is 0 Å². The molecule has 1 amide bonds. The number of nitrogens with zero attached hydrogens (tertiary/aromatic N) is 2. The van der Waals surface area contributed by atoms with Crippen molar-refractivity contribution in [2.45, 2.75) is 45.6 Å². The van der Waals surface area contributed by atoms with E-state index in [4.69, 9.17) is 0 Å². The molecule has 1 aliphatic rings. The molecule has 3 rings (SSSR count). The zero-order chi connectivity index (χ0) is 15.7. The molecule has 1 aromatic carbocycles. The number of amides is 1. The van der Waals surface area contributed by atoms with Crippen molar-refractivity contribution in [3.05, 3.63) is 52.8 Å². The van der Waals surface area contributed by atoms with E-state index < -0.39 is 0 Å². The summed E-state index contributed by atoms with van der Waals surface area (Å²) < 4.78 is 0. The Bertz CT molecular complexity index is 643. The van der Waals surface area contributed by atoms with Crippen molar-refractivity contribution >= 4 is 5.91 Å². The standard InChI is InChI=1S/C18H23N3O/c1-12-9-16(15-7-5-4-6-8-15)11-21(12)18(22)10-17-13(2)19-20-14(17)3/h4-8,12,16H,9-11H2,1-3H3,(H,19,20). The van der Waals surface area contributed by atoms with Crippen LogP contribution in [0.4, 0.5) is 0 Å². The molecule has 0 saturated carbocycles. The van der Waals surface area contributed by atoms with Crippen LogP contribution in [0.25, 0.3) is 0 Å². The Labute approximate surface area is 131 Å². The smallest absolute Gasteiger partial charge is 0.227 e. The fourth-order valence-electron chi connectivity index (χ4n) is 3.43. The molecule has 0 spiro atoms.